The van der Waals surface area contributed by atoms with Gasteiger partial charge in [0.2, 0.25) is 5.91 Å². The van der Waals surface area contributed by atoms with Gasteiger partial charge in [0.15, 0.2) is 0 Å². The number of aryl methyl sites for hydroxylation is 1. The van der Waals surface area contributed by atoms with E-state index in [2.05, 4.69) is 4.98 Å². The molecular formula is C32H34FN5O4. The van der Waals surface area contributed by atoms with E-state index in [9.17, 15) is 23.9 Å². The number of carbonyl (C=O) groups excluding carboxylic acids is 2. The molecule has 0 spiro atoms. The third kappa shape index (κ3) is 5.34. The summed E-state index contributed by atoms with van der Waals surface area (Å²) in [6, 6.07) is 17.0. The molecule has 0 radical (unpaired) electrons. The van der Waals surface area contributed by atoms with Crippen LogP contribution >= 0.6 is 0 Å². The van der Waals surface area contributed by atoms with Gasteiger partial charge in [-0.05, 0) is 55.2 Å². The fourth-order valence-electron chi connectivity index (χ4n) is 6.39. The minimum atomic E-state index is -1.13. The Morgan fingerprint density at radius 1 is 1.00 bits per heavy atom. The number of fused-ring (bicyclic) bond motifs is 1. The summed E-state index contributed by atoms with van der Waals surface area (Å²) in [5, 5.41) is 11.9. The highest BCUT2D eigenvalue weighted by Crippen LogP contribution is 2.36. The zero-order valence-corrected chi connectivity index (χ0v) is 23.5. The number of hydrogen-bond donors (Lipinski definition) is 1. The van der Waals surface area contributed by atoms with Crippen LogP contribution in [0.4, 0.5) is 4.39 Å². The van der Waals surface area contributed by atoms with Gasteiger partial charge in [-0.1, -0.05) is 30.3 Å². The van der Waals surface area contributed by atoms with Gasteiger partial charge >= 0.3 is 0 Å². The minimum Gasteiger partial charge on any atom is -0.388 e. The smallest absolute Gasteiger partial charge is 0.262 e. The van der Waals surface area contributed by atoms with Crippen molar-refractivity contribution in [3.63, 3.8) is 0 Å². The average molecular weight is 572 g/mol. The van der Waals surface area contributed by atoms with Crippen LogP contribution in [0.25, 0.3) is 11.0 Å². The number of benzene rings is 2. The molecule has 2 atom stereocenters. The van der Waals surface area contributed by atoms with Crippen molar-refractivity contribution in [1.82, 2.24) is 23.9 Å². The second kappa shape index (κ2) is 11.2. The van der Waals surface area contributed by atoms with Crippen molar-refractivity contribution in [3.8, 4) is 0 Å². The van der Waals surface area contributed by atoms with E-state index in [1.165, 1.54) is 35.2 Å². The standard InChI is InChI=1S/C32H34FN5O4/c1-35-15-11-26-28(35)34-21-38(31(26)41)20-32(42)13-17-36(18-14-32)30(40)25-12-16-37(19-27(25)22-5-3-2-4-6-22)29(39)23-7-9-24(33)10-8-23/h2-11,15,21,25,27,42H,12-14,16-20H2,1H3/t25-,27+/m1/s1. The van der Waals surface area contributed by atoms with Crippen LogP contribution in [0.15, 0.2) is 78.0 Å². The SMILES string of the molecule is Cn1ccc2c(=O)n(CC3(O)CCN(C(=O)[C@@H]4CCN(C(=O)c5ccc(F)cc5)C[C@H]4c4ccccc4)CC3)cnc21. The molecule has 0 saturated carbocycles. The van der Waals surface area contributed by atoms with Crippen LogP contribution in [0.2, 0.25) is 0 Å². The van der Waals surface area contributed by atoms with Gasteiger partial charge in [0, 0.05) is 56.8 Å². The van der Waals surface area contributed by atoms with Crippen molar-refractivity contribution >= 4 is 22.8 Å². The number of carbonyl (C=O) groups is 2. The molecule has 218 valence electrons. The molecule has 9 nitrogen and oxygen atoms in total. The summed E-state index contributed by atoms with van der Waals surface area (Å²) >= 11 is 0. The number of halogens is 1. The highest BCUT2D eigenvalue weighted by atomic mass is 19.1. The van der Waals surface area contributed by atoms with E-state index < -0.39 is 11.4 Å². The predicted octanol–water partition coefficient (Wildman–Crippen LogP) is 3.17. The molecule has 2 amide bonds. The van der Waals surface area contributed by atoms with E-state index in [1.54, 1.807) is 21.7 Å². The van der Waals surface area contributed by atoms with E-state index in [0.717, 1.165) is 5.56 Å². The van der Waals surface area contributed by atoms with Gasteiger partial charge in [0.25, 0.3) is 11.5 Å². The summed E-state index contributed by atoms with van der Waals surface area (Å²) in [7, 11) is 1.83. The minimum absolute atomic E-state index is 0.0179. The Bertz CT molecular complexity index is 1660. The molecule has 0 bridgehead atoms. The van der Waals surface area contributed by atoms with Crippen molar-refractivity contribution in [3.05, 3.63) is 100 Å². The first-order valence-electron chi connectivity index (χ1n) is 14.3. The molecule has 2 aromatic heterocycles. The highest BCUT2D eigenvalue weighted by molar-refractivity contribution is 5.94. The second-order valence-electron chi connectivity index (χ2n) is 11.6. The quantitative estimate of drug-likeness (QED) is 0.397. The molecule has 10 heteroatoms. The number of amides is 2. The van der Waals surface area contributed by atoms with E-state index >= 15 is 0 Å². The molecule has 0 aliphatic carbocycles. The molecule has 2 saturated heterocycles. The number of nitrogens with zero attached hydrogens (tertiary/aromatic N) is 5. The van der Waals surface area contributed by atoms with Crippen molar-refractivity contribution < 1.29 is 19.1 Å². The molecule has 4 heterocycles. The van der Waals surface area contributed by atoms with E-state index in [-0.39, 0.29) is 35.8 Å². The Morgan fingerprint density at radius 2 is 1.71 bits per heavy atom. The number of aromatic nitrogens is 3. The number of rotatable bonds is 5. The average Bonchev–Trinajstić information content (AvgIpc) is 3.39. The lowest BCUT2D eigenvalue weighted by Gasteiger charge is -2.43. The Labute approximate surface area is 242 Å². The molecule has 4 aromatic rings. The Balaban J connectivity index is 1.15. The second-order valence-corrected chi connectivity index (χ2v) is 11.6. The molecule has 2 aromatic carbocycles. The van der Waals surface area contributed by atoms with Gasteiger partial charge in [-0.3, -0.25) is 19.0 Å². The van der Waals surface area contributed by atoms with Crippen LogP contribution in [0.5, 0.6) is 0 Å². The Hall–Kier alpha value is -4.31. The summed E-state index contributed by atoms with van der Waals surface area (Å²) in [5.41, 5.74) is 0.685. The number of hydrogen-bond acceptors (Lipinski definition) is 5. The molecule has 42 heavy (non-hydrogen) atoms. The van der Waals surface area contributed by atoms with Crippen LogP contribution in [-0.2, 0) is 18.4 Å². The van der Waals surface area contributed by atoms with Crippen molar-refractivity contribution in [2.24, 2.45) is 13.0 Å². The maximum atomic E-state index is 13.9. The Morgan fingerprint density at radius 3 is 2.43 bits per heavy atom. The van der Waals surface area contributed by atoms with E-state index in [0.29, 0.717) is 62.0 Å². The largest absolute Gasteiger partial charge is 0.388 e. The highest BCUT2D eigenvalue weighted by Gasteiger charge is 2.41. The lowest BCUT2D eigenvalue weighted by molar-refractivity contribution is -0.142. The number of aliphatic hydroxyl groups is 1. The van der Waals surface area contributed by atoms with Crippen molar-refractivity contribution in [2.75, 3.05) is 26.2 Å². The third-order valence-electron chi connectivity index (χ3n) is 8.86. The molecule has 2 aliphatic heterocycles. The van der Waals surface area contributed by atoms with Crippen LogP contribution in [-0.4, -0.2) is 72.6 Å². The number of likely N-dealkylation sites (tertiary alicyclic amines) is 2. The summed E-state index contributed by atoms with van der Waals surface area (Å²) < 4.78 is 16.7. The van der Waals surface area contributed by atoms with Crippen molar-refractivity contribution in [1.29, 1.82) is 0 Å². The maximum Gasteiger partial charge on any atom is 0.262 e. The summed E-state index contributed by atoms with van der Waals surface area (Å²) in [6.45, 7) is 1.67. The van der Waals surface area contributed by atoms with E-state index in [1.807, 2.05) is 42.3 Å². The monoisotopic (exact) mass is 571 g/mol. The number of piperidine rings is 2. The zero-order valence-electron chi connectivity index (χ0n) is 23.5. The van der Waals surface area contributed by atoms with Crippen LogP contribution in [0, 0.1) is 11.7 Å². The predicted molar refractivity (Wildman–Crippen MR) is 155 cm³/mol. The first-order valence-corrected chi connectivity index (χ1v) is 14.3. The van der Waals surface area contributed by atoms with Gasteiger partial charge in [-0.15, -0.1) is 0 Å². The van der Waals surface area contributed by atoms with Crippen LogP contribution < -0.4 is 5.56 Å². The lowest BCUT2D eigenvalue weighted by Crippen LogP contribution is -2.53. The summed E-state index contributed by atoms with van der Waals surface area (Å²) in [6.07, 6.45) is 4.45. The van der Waals surface area contributed by atoms with E-state index in [4.69, 9.17) is 0 Å². The molecule has 0 unspecified atom stereocenters. The molecule has 2 aliphatic rings. The van der Waals surface area contributed by atoms with Gasteiger partial charge in [0.05, 0.1) is 17.5 Å². The fourth-order valence-corrected chi connectivity index (χ4v) is 6.39. The lowest BCUT2D eigenvalue weighted by atomic mass is 9.79. The molecule has 1 N–H and O–H groups in total. The van der Waals surface area contributed by atoms with Gasteiger partial charge in [-0.25, -0.2) is 9.37 Å². The summed E-state index contributed by atoms with van der Waals surface area (Å²) in [4.78, 5) is 48.1. The van der Waals surface area contributed by atoms with Crippen LogP contribution in [0.3, 0.4) is 0 Å². The van der Waals surface area contributed by atoms with Gasteiger partial charge in [0.1, 0.15) is 17.8 Å². The first kappa shape index (κ1) is 27.8. The summed E-state index contributed by atoms with van der Waals surface area (Å²) in [5.74, 6) is -1.07. The van der Waals surface area contributed by atoms with Crippen molar-refractivity contribution in [2.45, 2.75) is 37.3 Å². The molecule has 6 rings (SSSR count). The Kier molecular flexibility index (Phi) is 7.40. The topological polar surface area (TPSA) is 101 Å². The zero-order chi connectivity index (χ0) is 29.4. The molecular weight excluding hydrogens is 537 g/mol. The van der Waals surface area contributed by atoms with Crippen LogP contribution in [0.1, 0.15) is 41.1 Å². The van der Waals surface area contributed by atoms with Gasteiger partial charge < -0.3 is 19.5 Å². The first-order chi connectivity index (χ1) is 20.2. The molecule has 2 fully saturated rings. The third-order valence-corrected chi connectivity index (χ3v) is 8.86. The van der Waals surface area contributed by atoms with Gasteiger partial charge in [-0.2, -0.15) is 0 Å². The fraction of sp³-hybridized carbons (Fsp3) is 0.375. The maximum absolute atomic E-state index is 13.9. The normalized spacial score (nSPS) is 20.5.